The van der Waals surface area contributed by atoms with Crippen molar-refractivity contribution in [3.05, 3.63) is 59.0 Å². The van der Waals surface area contributed by atoms with Crippen LogP contribution in [0.5, 0.6) is 0 Å². The predicted octanol–water partition coefficient (Wildman–Crippen LogP) is 4.45. The van der Waals surface area contributed by atoms with Crippen molar-refractivity contribution in [3.63, 3.8) is 0 Å². The fourth-order valence-corrected chi connectivity index (χ4v) is 2.39. The standard InChI is InChI=1S/C18H25NO/c1-6-15-11-12-16(20-15)17(19-5)13-7-9-14(10-8-13)18(2,3)4/h7-12,17,19H,6H2,1-5H3. The molecule has 1 aromatic heterocycles. The minimum absolute atomic E-state index is 0.115. The van der Waals surface area contributed by atoms with Crippen molar-refractivity contribution in [1.82, 2.24) is 5.32 Å². The summed E-state index contributed by atoms with van der Waals surface area (Å²) < 4.78 is 5.88. The van der Waals surface area contributed by atoms with Crippen molar-refractivity contribution in [2.45, 2.75) is 45.6 Å². The molecule has 0 radical (unpaired) electrons. The highest BCUT2D eigenvalue weighted by Crippen LogP contribution is 2.27. The number of furan rings is 1. The minimum atomic E-state index is 0.115. The molecule has 1 unspecified atom stereocenters. The Balaban J connectivity index is 2.28. The third kappa shape index (κ3) is 3.13. The molecule has 0 saturated heterocycles. The predicted molar refractivity (Wildman–Crippen MR) is 84.1 cm³/mol. The van der Waals surface area contributed by atoms with E-state index in [2.05, 4.69) is 69.4 Å². The van der Waals surface area contributed by atoms with Gasteiger partial charge in [0.1, 0.15) is 11.5 Å². The van der Waals surface area contributed by atoms with Crippen LogP contribution in [0.2, 0.25) is 0 Å². The normalized spacial score (nSPS) is 13.4. The lowest BCUT2D eigenvalue weighted by atomic mass is 9.86. The second-order valence-electron chi connectivity index (χ2n) is 6.25. The second-order valence-corrected chi connectivity index (χ2v) is 6.25. The van der Waals surface area contributed by atoms with E-state index >= 15 is 0 Å². The van der Waals surface area contributed by atoms with Gasteiger partial charge in [0, 0.05) is 6.42 Å². The lowest BCUT2D eigenvalue weighted by Gasteiger charge is -2.21. The van der Waals surface area contributed by atoms with Gasteiger partial charge >= 0.3 is 0 Å². The Bertz CT molecular complexity index is 546. The van der Waals surface area contributed by atoms with Gasteiger partial charge in [0.25, 0.3) is 0 Å². The average molecular weight is 271 g/mol. The van der Waals surface area contributed by atoms with Gasteiger partial charge in [0.15, 0.2) is 0 Å². The van der Waals surface area contributed by atoms with Crippen LogP contribution in [0.15, 0.2) is 40.8 Å². The van der Waals surface area contributed by atoms with Crippen LogP contribution in [0, 0.1) is 0 Å². The summed E-state index contributed by atoms with van der Waals surface area (Å²) in [6, 6.07) is 13.0. The molecule has 0 amide bonds. The Morgan fingerprint density at radius 2 is 1.70 bits per heavy atom. The molecule has 0 aliphatic carbocycles. The van der Waals surface area contributed by atoms with E-state index in [0.717, 1.165) is 17.9 Å². The zero-order valence-corrected chi connectivity index (χ0v) is 13.2. The summed E-state index contributed by atoms with van der Waals surface area (Å²) in [5.74, 6) is 2.01. The van der Waals surface area contributed by atoms with Crippen LogP contribution in [0.3, 0.4) is 0 Å². The maximum atomic E-state index is 5.88. The Kier molecular flexibility index (Phi) is 4.34. The first-order valence-corrected chi connectivity index (χ1v) is 7.32. The largest absolute Gasteiger partial charge is 0.464 e. The number of hydrogen-bond acceptors (Lipinski definition) is 2. The van der Waals surface area contributed by atoms with E-state index in [4.69, 9.17) is 4.42 Å². The Morgan fingerprint density at radius 3 is 2.15 bits per heavy atom. The third-order valence-corrected chi connectivity index (χ3v) is 3.71. The monoisotopic (exact) mass is 271 g/mol. The van der Waals surface area contributed by atoms with Crippen LogP contribution in [-0.2, 0) is 11.8 Å². The molecule has 2 rings (SSSR count). The van der Waals surface area contributed by atoms with Gasteiger partial charge in [-0.2, -0.15) is 0 Å². The second kappa shape index (κ2) is 5.84. The zero-order chi connectivity index (χ0) is 14.8. The molecular weight excluding hydrogens is 246 g/mol. The SMILES string of the molecule is CCc1ccc(C(NC)c2ccc(C(C)(C)C)cc2)o1. The molecular formula is C18H25NO. The molecule has 0 fully saturated rings. The molecule has 20 heavy (non-hydrogen) atoms. The zero-order valence-electron chi connectivity index (χ0n) is 13.2. The first-order valence-electron chi connectivity index (χ1n) is 7.32. The molecule has 0 spiro atoms. The molecule has 2 aromatic rings. The molecule has 0 aliphatic rings. The number of rotatable bonds is 4. The summed E-state index contributed by atoms with van der Waals surface area (Å²) in [5.41, 5.74) is 2.77. The van der Waals surface area contributed by atoms with Gasteiger partial charge in [-0.1, -0.05) is 52.0 Å². The Labute approximate surface area is 122 Å². The molecule has 0 aliphatic heterocycles. The Hall–Kier alpha value is -1.54. The minimum Gasteiger partial charge on any atom is -0.464 e. The van der Waals surface area contributed by atoms with Gasteiger partial charge in [-0.3, -0.25) is 0 Å². The van der Waals surface area contributed by atoms with E-state index in [1.165, 1.54) is 11.1 Å². The summed E-state index contributed by atoms with van der Waals surface area (Å²) in [7, 11) is 1.97. The van der Waals surface area contributed by atoms with Crippen molar-refractivity contribution in [1.29, 1.82) is 0 Å². The molecule has 1 atom stereocenters. The van der Waals surface area contributed by atoms with Gasteiger partial charge in [-0.15, -0.1) is 0 Å². The molecule has 108 valence electrons. The fraction of sp³-hybridized carbons (Fsp3) is 0.444. The van der Waals surface area contributed by atoms with Crippen LogP contribution >= 0.6 is 0 Å². The van der Waals surface area contributed by atoms with E-state index in [0.29, 0.717) is 0 Å². The maximum Gasteiger partial charge on any atom is 0.125 e. The highest BCUT2D eigenvalue weighted by molar-refractivity contribution is 5.32. The number of aryl methyl sites for hydroxylation is 1. The quantitative estimate of drug-likeness (QED) is 0.889. The first kappa shape index (κ1) is 14.9. The number of benzene rings is 1. The molecule has 0 bridgehead atoms. The number of nitrogens with one attached hydrogen (secondary N) is 1. The van der Waals surface area contributed by atoms with E-state index in [1.807, 2.05) is 7.05 Å². The highest BCUT2D eigenvalue weighted by Gasteiger charge is 2.18. The lowest BCUT2D eigenvalue weighted by molar-refractivity contribution is 0.434. The van der Waals surface area contributed by atoms with E-state index in [1.54, 1.807) is 0 Å². The van der Waals surface area contributed by atoms with E-state index in [9.17, 15) is 0 Å². The van der Waals surface area contributed by atoms with Gasteiger partial charge < -0.3 is 9.73 Å². The van der Waals surface area contributed by atoms with Gasteiger partial charge in [-0.05, 0) is 35.7 Å². The summed E-state index contributed by atoms with van der Waals surface area (Å²) >= 11 is 0. The van der Waals surface area contributed by atoms with Crippen molar-refractivity contribution in [2.24, 2.45) is 0 Å². The van der Waals surface area contributed by atoms with E-state index in [-0.39, 0.29) is 11.5 Å². The third-order valence-electron chi connectivity index (χ3n) is 3.71. The van der Waals surface area contributed by atoms with Crippen LogP contribution in [-0.4, -0.2) is 7.05 Å². The van der Waals surface area contributed by atoms with Gasteiger partial charge in [-0.25, -0.2) is 0 Å². The van der Waals surface area contributed by atoms with Crippen molar-refractivity contribution < 1.29 is 4.42 Å². The summed E-state index contributed by atoms with van der Waals surface area (Å²) in [4.78, 5) is 0. The molecule has 2 nitrogen and oxygen atoms in total. The van der Waals surface area contributed by atoms with Crippen LogP contribution in [0.1, 0.15) is 56.4 Å². The molecule has 1 heterocycles. The van der Waals surface area contributed by atoms with Crippen molar-refractivity contribution in [2.75, 3.05) is 7.05 Å². The molecule has 2 heteroatoms. The van der Waals surface area contributed by atoms with Crippen LogP contribution in [0.25, 0.3) is 0 Å². The first-order chi connectivity index (χ1) is 9.45. The molecule has 1 aromatic carbocycles. The van der Waals surface area contributed by atoms with Gasteiger partial charge in [0.05, 0.1) is 6.04 Å². The van der Waals surface area contributed by atoms with E-state index < -0.39 is 0 Å². The summed E-state index contributed by atoms with van der Waals surface area (Å²) in [6.07, 6.45) is 0.930. The van der Waals surface area contributed by atoms with Gasteiger partial charge in [0.2, 0.25) is 0 Å². The van der Waals surface area contributed by atoms with Crippen LogP contribution in [0.4, 0.5) is 0 Å². The average Bonchev–Trinajstić information content (AvgIpc) is 2.88. The topological polar surface area (TPSA) is 25.2 Å². The fourth-order valence-electron chi connectivity index (χ4n) is 2.39. The van der Waals surface area contributed by atoms with Crippen molar-refractivity contribution in [3.8, 4) is 0 Å². The lowest BCUT2D eigenvalue weighted by Crippen LogP contribution is -2.17. The Morgan fingerprint density at radius 1 is 1.05 bits per heavy atom. The van der Waals surface area contributed by atoms with Crippen LogP contribution < -0.4 is 5.32 Å². The number of hydrogen-bond donors (Lipinski definition) is 1. The molecule has 0 saturated carbocycles. The summed E-state index contributed by atoms with van der Waals surface area (Å²) in [5, 5.41) is 3.34. The molecule has 1 N–H and O–H groups in total. The smallest absolute Gasteiger partial charge is 0.125 e. The maximum absolute atomic E-state index is 5.88. The van der Waals surface area contributed by atoms with Crippen molar-refractivity contribution >= 4 is 0 Å². The highest BCUT2D eigenvalue weighted by atomic mass is 16.3. The summed E-state index contributed by atoms with van der Waals surface area (Å²) in [6.45, 7) is 8.81.